The Kier molecular flexibility index (Phi) is 3.72. The van der Waals surface area contributed by atoms with E-state index in [9.17, 15) is 5.11 Å². The van der Waals surface area contributed by atoms with Gasteiger partial charge in [0.15, 0.2) is 0 Å². The van der Waals surface area contributed by atoms with Crippen molar-refractivity contribution in [3.05, 3.63) is 51.8 Å². The van der Waals surface area contributed by atoms with Gasteiger partial charge in [-0.3, -0.25) is 4.68 Å². The zero-order valence-corrected chi connectivity index (χ0v) is 10.8. The molecule has 0 fully saturated rings. The van der Waals surface area contributed by atoms with E-state index in [0.29, 0.717) is 21.2 Å². The molecule has 1 heterocycles. The maximum atomic E-state index is 10.2. The predicted octanol–water partition coefficient (Wildman–Crippen LogP) is 3.29. The molecule has 90 valence electrons. The Hall–Kier alpha value is -1.03. The van der Waals surface area contributed by atoms with E-state index in [0.717, 1.165) is 6.54 Å². The van der Waals surface area contributed by atoms with Gasteiger partial charge in [0.05, 0.1) is 6.20 Å². The summed E-state index contributed by atoms with van der Waals surface area (Å²) in [6.45, 7) is 2.73. The van der Waals surface area contributed by atoms with E-state index in [1.807, 2.05) is 6.92 Å². The summed E-state index contributed by atoms with van der Waals surface area (Å²) >= 11 is 12.1. The molecule has 0 aliphatic rings. The molecule has 2 rings (SSSR count). The smallest absolute Gasteiger partial charge is 0.110 e. The molecule has 3 nitrogen and oxygen atoms in total. The Morgan fingerprint density at radius 1 is 1.35 bits per heavy atom. The molecule has 5 heteroatoms. The fraction of sp³-hybridized carbons (Fsp3) is 0.250. The standard InChI is InChI=1S/C12H12Cl2N2O/c1-2-16-7-8(6-15-16)12(17)11-9(13)4-3-5-10(11)14/h3-7,12,17H,2H2,1H3. The van der Waals surface area contributed by atoms with Crippen LogP contribution in [-0.4, -0.2) is 14.9 Å². The molecule has 17 heavy (non-hydrogen) atoms. The molecule has 1 unspecified atom stereocenters. The topological polar surface area (TPSA) is 38.0 Å². The minimum atomic E-state index is -0.850. The zero-order chi connectivity index (χ0) is 12.4. The lowest BCUT2D eigenvalue weighted by Gasteiger charge is -2.12. The molecule has 0 radical (unpaired) electrons. The molecule has 0 saturated heterocycles. The van der Waals surface area contributed by atoms with Crippen molar-refractivity contribution in [1.29, 1.82) is 0 Å². The maximum absolute atomic E-state index is 10.2. The van der Waals surface area contributed by atoms with Gasteiger partial charge in [0.2, 0.25) is 0 Å². The number of rotatable bonds is 3. The second-order valence-electron chi connectivity index (χ2n) is 3.67. The van der Waals surface area contributed by atoms with Crippen molar-refractivity contribution in [2.45, 2.75) is 19.6 Å². The zero-order valence-electron chi connectivity index (χ0n) is 9.27. The highest BCUT2D eigenvalue weighted by atomic mass is 35.5. The van der Waals surface area contributed by atoms with Gasteiger partial charge < -0.3 is 5.11 Å². The summed E-state index contributed by atoms with van der Waals surface area (Å²) in [6, 6.07) is 5.16. The van der Waals surface area contributed by atoms with Crippen LogP contribution in [0.3, 0.4) is 0 Å². The van der Waals surface area contributed by atoms with Gasteiger partial charge in [-0.05, 0) is 19.1 Å². The summed E-state index contributed by atoms with van der Waals surface area (Å²) in [4.78, 5) is 0. The first-order chi connectivity index (χ1) is 8.13. The van der Waals surface area contributed by atoms with E-state index in [-0.39, 0.29) is 0 Å². The highest BCUT2D eigenvalue weighted by Gasteiger charge is 2.18. The number of hydrogen-bond acceptors (Lipinski definition) is 2. The molecule has 2 aromatic rings. The largest absolute Gasteiger partial charge is 0.383 e. The minimum Gasteiger partial charge on any atom is -0.383 e. The molecule has 0 saturated carbocycles. The highest BCUT2D eigenvalue weighted by Crippen LogP contribution is 2.33. The lowest BCUT2D eigenvalue weighted by molar-refractivity contribution is 0.220. The van der Waals surface area contributed by atoms with Gasteiger partial charge in [0.25, 0.3) is 0 Å². The van der Waals surface area contributed by atoms with Crippen molar-refractivity contribution in [2.75, 3.05) is 0 Å². The van der Waals surface area contributed by atoms with Crippen LogP contribution in [0.5, 0.6) is 0 Å². The van der Waals surface area contributed by atoms with Gasteiger partial charge in [-0.15, -0.1) is 0 Å². The number of aryl methyl sites for hydroxylation is 1. The summed E-state index contributed by atoms with van der Waals surface area (Å²) in [6.07, 6.45) is 2.55. The fourth-order valence-electron chi connectivity index (χ4n) is 1.63. The molecule has 0 amide bonds. The van der Waals surface area contributed by atoms with Crippen LogP contribution in [0.25, 0.3) is 0 Å². The number of nitrogens with zero attached hydrogens (tertiary/aromatic N) is 2. The maximum Gasteiger partial charge on any atom is 0.110 e. The summed E-state index contributed by atoms with van der Waals surface area (Å²) in [5, 5.41) is 15.3. The third-order valence-electron chi connectivity index (χ3n) is 2.57. The molecule has 0 spiro atoms. The average molecular weight is 271 g/mol. The second-order valence-corrected chi connectivity index (χ2v) is 4.48. The van der Waals surface area contributed by atoms with Gasteiger partial charge >= 0.3 is 0 Å². The molecule has 1 aromatic carbocycles. The molecule has 0 bridgehead atoms. The number of aliphatic hydroxyl groups is 1. The third kappa shape index (κ3) is 2.46. The normalized spacial score (nSPS) is 12.7. The quantitative estimate of drug-likeness (QED) is 0.930. The van der Waals surface area contributed by atoms with E-state index in [2.05, 4.69) is 5.10 Å². The number of aliphatic hydroxyl groups excluding tert-OH is 1. The number of halogens is 2. The van der Waals surface area contributed by atoms with Crippen molar-refractivity contribution in [2.24, 2.45) is 0 Å². The summed E-state index contributed by atoms with van der Waals surface area (Å²) in [7, 11) is 0. The van der Waals surface area contributed by atoms with Crippen molar-refractivity contribution in [3.8, 4) is 0 Å². The van der Waals surface area contributed by atoms with Gasteiger partial charge in [0, 0.05) is 33.9 Å². The Balaban J connectivity index is 2.39. The van der Waals surface area contributed by atoms with Crippen LogP contribution in [0.4, 0.5) is 0 Å². The first kappa shape index (κ1) is 12.4. The SMILES string of the molecule is CCn1cc(C(O)c2c(Cl)cccc2Cl)cn1. The number of hydrogen-bond donors (Lipinski definition) is 1. The van der Waals surface area contributed by atoms with Crippen molar-refractivity contribution in [3.63, 3.8) is 0 Å². The second kappa shape index (κ2) is 5.08. The lowest BCUT2D eigenvalue weighted by Crippen LogP contribution is -2.00. The van der Waals surface area contributed by atoms with Crippen LogP contribution in [-0.2, 0) is 6.54 Å². The Labute approximate surface area is 110 Å². The summed E-state index contributed by atoms with van der Waals surface area (Å²) in [5.74, 6) is 0. The molecular weight excluding hydrogens is 259 g/mol. The highest BCUT2D eigenvalue weighted by molar-refractivity contribution is 6.36. The molecule has 1 atom stereocenters. The van der Waals surface area contributed by atoms with Crippen LogP contribution >= 0.6 is 23.2 Å². The van der Waals surface area contributed by atoms with Crippen molar-refractivity contribution < 1.29 is 5.11 Å². The van der Waals surface area contributed by atoms with E-state index < -0.39 is 6.10 Å². The Morgan fingerprint density at radius 3 is 2.53 bits per heavy atom. The fourth-order valence-corrected chi connectivity index (χ4v) is 2.24. The third-order valence-corrected chi connectivity index (χ3v) is 3.23. The molecule has 1 aromatic heterocycles. The van der Waals surface area contributed by atoms with E-state index in [1.165, 1.54) is 0 Å². The Bertz CT molecular complexity index is 505. The van der Waals surface area contributed by atoms with E-state index in [1.54, 1.807) is 35.3 Å². The van der Waals surface area contributed by atoms with Crippen LogP contribution in [0.15, 0.2) is 30.6 Å². The van der Waals surface area contributed by atoms with Crippen molar-refractivity contribution >= 4 is 23.2 Å². The van der Waals surface area contributed by atoms with Gasteiger partial charge in [-0.2, -0.15) is 5.10 Å². The van der Waals surface area contributed by atoms with Gasteiger partial charge in [-0.1, -0.05) is 29.3 Å². The monoisotopic (exact) mass is 270 g/mol. The van der Waals surface area contributed by atoms with E-state index in [4.69, 9.17) is 23.2 Å². The summed E-state index contributed by atoms with van der Waals surface area (Å²) in [5.41, 5.74) is 1.20. The number of benzene rings is 1. The molecule has 0 aliphatic heterocycles. The first-order valence-corrected chi connectivity index (χ1v) is 6.03. The first-order valence-electron chi connectivity index (χ1n) is 5.27. The van der Waals surface area contributed by atoms with Crippen molar-refractivity contribution in [1.82, 2.24) is 9.78 Å². The number of aromatic nitrogens is 2. The lowest BCUT2D eigenvalue weighted by atomic mass is 10.0. The Morgan fingerprint density at radius 2 is 2.00 bits per heavy atom. The van der Waals surface area contributed by atoms with Crippen LogP contribution in [0.1, 0.15) is 24.2 Å². The van der Waals surface area contributed by atoms with Crippen LogP contribution in [0.2, 0.25) is 10.0 Å². The van der Waals surface area contributed by atoms with Crippen LogP contribution < -0.4 is 0 Å². The van der Waals surface area contributed by atoms with Gasteiger partial charge in [0.1, 0.15) is 6.10 Å². The van der Waals surface area contributed by atoms with Gasteiger partial charge in [-0.25, -0.2) is 0 Å². The molecule has 1 N–H and O–H groups in total. The predicted molar refractivity (Wildman–Crippen MR) is 68.4 cm³/mol. The summed E-state index contributed by atoms with van der Waals surface area (Å²) < 4.78 is 1.74. The van der Waals surface area contributed by atoms with E-state index >= 15 is 0 Å². The molecular formula is C12H12Cl2N2O. The van der Waals surface area contributed by atoms with Crippen LogP contribution in [0, 0.1) is 0 Å². The average Bonchev–Trinajstić information content (AvgIpc) is 2.77. The minimum absolute atomic E-state index is 0.453. The molecule has 0 aliphatic carbocycles.